The van der Waals surface area contributed by atoms with Crippen molar-refractivity contribution in [3.8, 4) is 0 Å². The van der Waals surface area contributed by atoms with Crippen molar-refractivity contribution in [3.05, 3.63) is 35.9 Å². The molecule has 0 N–H and O–H groups in total. The van der Waals surface area contributed by atoms with Crippen LogP contribution in [-0.2, 0) is 4.43 Å². The van der Waals surface area contributed by atoms with E-state index in [1.807, 2.05) is 18.2 Å². The monoisotopic (exact) mass is 176 g/mol. The maximum absolute atomic E-state index is 10.8. The van der Waals surface area contributed by atoms with Crippen molar-refractivity contribution in [1.82, 2.24) is 0 Å². The average Bonchev–Trinajstić information content (AvgIpc) is 2.05. The molecule has 0 radical (unpaired) electrons. The first kappa shape index (κ1) is 10.9. The van der Waals surface area contributed by atoms with Crippen LogP contribution in [0, 0.1) is 0 Å². The van der Waals surface area contributed by atoms with Gasteiger partial charge in [-0.2, -0.15) is 0 Å². The Morgan fingerprint density at radius 2 is 1.91 bits per heavy atom. The minimum Gasteiger partial charge on any atom is -1.00 e. The summed E-state index contributed by atoms with van der Waals surface area (Å²) >= 11 is 0. The van der Waals surface area contributed by atoms with Crippen LogP contribution in [0.5, 0.6) is 0 Å². The molecule has 1 rings (SSSR count). The molecule has 0 spiro atoms. The number of benzene rings is 1. The van der Waals surface area contributed by atoms with E-state index < -0.39 is 0 Å². The van der Waals surface area contributed by atoms with E-state index in [9.17, 15) is 4.79 Å². The van der Waals surface area contributed by atoms with Gasteiger partial charge in [-0.05, 0) is 12.1 Å². The molecule has 4 heteroatoms. The molecule has 0 saturated heterocycles. The van der Waals surface area contributed by atoms with E-state index in [4.69, 9.17) is 0 Å². The number of carbonyl (C=O) groups excluding carboxylic acids is 1. The van der Waals surface area contributed by atoms with Gasteiger partial charge in [0.05, 0.1) is 5.56 Å². The van der Waals surface area contributed by atoms with Crippen LogP contribution >= 0.6 is 0 Å². The van der Waals surface area contributed by atoms with Gasteiger partial charge in [0.2, 0.25) is 10.5 Å². The van der Waals surface area contributed by atoms with Crippen LogP contribution in [0.4, 0.5) is 0 Å². The number of hydrogen-bond donors (Lipinski definition) is 0. The summed E-state index contributed by atoms with van der Waals surface area (Å²) in [6, 6.07) is 8.96. The molecule has 1 aromatic carbocycles. The summed E-state index contributed by atoms with van der Waals surface area (Å²) < 4.78 is 4.64. The molecular formula is C7H9NaO2Si. The summed E-state index contributed by atoms with van der Waals surface area (Å²) in [4.78, 5) is 10.8. The molecular weight excluding hydrogens is 167 g/mol. The predicted molar refractivity (Wildman–Crippen MR) is 42.9 cm³/mol. The van der Waals surface area contributed by atoms with Crippen LogP contribution in [0.2, 0.25) is 0 Å². The van der Waals surface area contributed by atoms with Gasteiger partial charge in [-0.1, -0.05) is 18.2 Å². The molecule has 2 nitrogen and oxygen atoms in total. The van der Waals surface area contributed by atoms with Gasteiger partial charge < -0.3 is 5.85 Å². The summed E-state index contributed by atoms with van der Waals surface area (Å²) in [7, 11) is 0.458. The number of carbonyl (C=O) groups is 1. The predicted octanol–water partition coefficient (Wildman–Crippen LogP) is -2.76. The van der Waals surface area contributed by atoms with Gasteiger partial charge in [0.15, 0.2) is 0 Å². The Kier molecular flexibility index (Phi) is 5.50. The average molecular weight is 176 g/mol. The molecule has 0 atom stereocenters. The van der Waals surface area contributed by atoms with Crippen molar-refractivity contribution in [2.45, 2.75) is 0 Å². The van der Waals surface area contributed by atoms with E-state index in [0.717, 1.165) is 0 Å². The first-order valence-corrected chi connectivity index (χ1v) is 3.79. The van der Waals surface area contributed by atoms with Crippen molar-refractivity contribution in [1.29, 1.82) is 0 Å². The van der Waals surface area contributed by atoms with Gasteiger partial charge in [-0.25, -0.2) is 4.79 Å². The van der Waals surface area contributed by atoms with Crippen LogP contribution in [-0.4, -0.2) is 16.5 Å². The quantitative estimate of drug-likeness (QED) is 0.433. The van der Waals surface area contributed by atoms with Crippen LogP contribution in [0.25, 0.3) is 0 Å². The summed E-state index contributed by atoms with van der Waals surface area (Å²) in [5.74, 6) is -0.229. The van der Waals surface area contributed by atoms with Crippen molar-refractivity contribution < 1.29 is 40.2 Å². The number of hydrogen-bond acceptors (Lipinski definition) is 2. The van der Waals surface area contributed by atoms with Gasteiger partial charge in [0.25, 0.3) is 0 Å². The second-order valence-electron chi connectivity index (χ2n) is 1.86. The van der Waals surface area contributed by atoms with E-state index in [-0.39, 0.29) is 37.0 Å². The SMILES string of the molecule is O=C(O[SiH3])c1ccccc1.[H-].[Na+]. The molecule has 0 aromatic heterocycles. The largest absolute Gasteiger partial charge is 1.00 e. The Morgan fingerprint density at radius 1 is 1.36 bits per heavy atom. The Balaban J connectivity index is 0. The summed E-state index contributed by atoms with van der Waals surface area (Å²) in [6.07, 6.45) is 0. The van der Waals surface area contributed by atoms with Crippen LogP contribution in [0.1, 0.15) is 11.8 Å². The molecule has 0 fully saturated rings. The molecule has 0 bridgehead atoms. The molecule has 0 aliphatic rings. The van der Waals surface area contributed by atoms with Gasteiger partial charge in [0.1, 0.15) is 0 Å². The fourth-order valence-electron chi connectivity index (χ4n) is 0.692. The van der Waals surface area contributed by atoms with Gasteiger partial charge in [-0.3, -0.25) is 0 Å². The maximum Gasteiger partial charge on any atom is 1.00 e. The first-order valence-electron chi connectivity index (χ1n) is 2.98. The van der Waals surface area contributed by atoms with Gasteiger partial charge in [0, 0.05) is 0 Å². The van der Waals surface area contributed by atoms with Crippen molar-refractivity contribution in [2.24, 2.45) is 0 Å². The van der Waals surface area contributed by atoms with Gasteiger partial charge >= 0.3 is 35.5 Å². The summed E-state index contributed by atoms with van der Waals surface area (Å²) in [6.45, 7) is 0. The third kappa shape index (κ3) is 3.20. The van der Waals surface area contributed by atoms with Crippen molar-refractivity contribution >= 4 is 16.5 Å². The Labute approximate surface area is 92.3 Å². The molecule has 1 aromatic rings. The Bertz CT molecular complexity index is 230. The third-order valence-corrected chi connectivity index (χ3v) is 1.57. The molecule has 0 aliphatic heterocycles. The minimum absolute atomic E-state index is 0. The van der Waals surface area contributed by atoms with Crippen LogP contribution < -0.4 is 29.6 Å². The fraction of sp³-hybridized carbons (Fsp3) is 0. The molecule has 0 amide bonds. The molecule has 0 aliphatic carbocycles. The van der Waals surface area contributed by atoms with E-state index in [1.54, 1.807) is 12.1 Å². The summed E-state index contributed by atoms with van der Waals surface area (Å²) in [5, 5.41) is 0. The standard InChI is InChI=1S/C7H8O2Si.Na.H/c8-7(9-10)6-4-2-1-3-5-6;;/h1-5H,10H3;;/q;+1;-1. The van der Waals surface area contributed by atoms with Crippen LogP contribution in [0.15, 0.2) is 30.3 Å². The smallest absolute Gasteiger partial charge is 1.00 e. The zero-order chi connectivity index (χ0) is 7.40. The Morgan fingerprint density at radius 3 is 2.36 bits per heavy atom. The zero-order valence-corrected chi connectivity index (χ0v) is 10.7. The van der Waals surface area contributed by atoms with Gasteiger partial charge in [-0.15, -0.1) is 0 Å². The topological polar surface area (TPSA) is 26.3 Å². The summed E-state index contributed by atoms with van der Waals surface area (Å²) in [5.41, 5.74) is 0.623. The van der Waals surface area contributed by atoms with E-state index in [0.29, 0.717) is 16.0 Å². The maximum atomic E-state index is 10.8. The normalized spacial score (nSPS) is 8.36. The van der Waals surface area contributed by atoms with E-state index in [1.165, 1.54) is 0 Å². The second kappa shape index (κ2) is 5.54. The zero-order valence-electron chi connectivity index (χ0n) is 7.70. The number of rotatable bonds is 1. The Hall–Kier alpha value is -0.0931. The molecule has 11 heavy (non-hydrogen) atoms. The van der Waals surface area contributed by atoms with Crippen molar-refractivity contribution in [3.63, 3.8) is 0 Å². The molecule has 0 saturated carbocycles. The molecule has 0 heterocycles. The van der Waals surface area contributed by atoms with E-state index in [2.05, 4.69) is 4.43 Å². The van der Waals surface area contributed by atoms with Crippen molar-refractivity contribution in [2.75, 3.05) is 0 Å². The van der Waals surface area contributed by atoms with E-state index >= 15 is 0 Å². The molecule has 0 unspecified atom stereocenters. The first-order chi connectivity index (χ1) is 4.84. The van der Waals surface area contributed by atoms with Crippen LogP contribution in [0.3, 0.4) is 0 Å². The fourth-order valence-corrected chi connectivity index (χ4v) is 0.928. The molecule has 54 valence electrons. The second-order valence-corrected chi connectivity index (χ2v) is 2.27. The minimum atomic E-state index is -0.229. The third-order valence-electron chi connectivity index (χ3n) is 1.19.